The molecule has 6 heteroatoms. The predicted octanol–water partition coefficient (Wildman–Crippen LogP) is -1.20. The molecule has 6 nitrogen and oxygen atoms in total. The number of cyclic esters (lactones) is 1. The lowest BCUT2D eigenvalue weighted by molar-refractivity contribution is -0.160. The highest BCUT2D eigenvalue weighted by Crippen LogP contribution is 2.29. The minimum absolute atomic E-state index is 0.0536. The van der Waals surface area contributed by atoms with Gasteiger partial charge in [-0.3, -0.25) is 4.79 Å². The molecule has 94 valence electrons. The van der Waals surface area contributed by atoms with Crippen LogP contribution in [0.25, 0.3) is 0 Å². The summed E-state index contributed by atoms with van der Waals surface area (Å²) >= 11 is 0. The van der Waals surface area contributed by atoms with Crippen LogP contribution >= 0.6 is 0 Å². The summed E-state index contributed by atoms with van der Waals surface area (Å²) in [4.78, 5) is 23.1. The molecular weight excluding hydrogens is 228 g/mol. The highest BCUT2D eigenvalue weighted by molar-refractivity contribution is 6.13. The third-order valence-electron chi connectivity index (χ3n) is 3.11. The Kier molecular flexibility index (Phi) is 3.03. The van der Waals surface area contributed by atoms with Crippen molar-refractivity contribution < 1.29 is 29.3 Å². The Hall–Kier alpha value is -1.24. The number of hydrogen-bond donors (Lipinski definition) is 2. The molecule has 2 heterocycles. The average molecular weight is 242 g/mol. The van der Waals surface area contributed by atoms with Gasteiger partial charge in [-0.15, -0.1) is 0 Å². The Bertz CT molecular complexity index is 376. The van der Waals surface area contributed by atoms with Crippen LogP contribution in [-0.4, -0.2) is 53.0 Å². The van der Waals surface area contributed by atoms with E-state index in [2.05, 4.69) is 4.74 Å². The van der Waals surface area contributed by atoms with E-state index in [0.717, 1.165) is 6.08 Å². The third-order valence-corrected chi connectivity index (χ3v) is 3.11. The van der Waals surface area contributed by atoms with Gasteiger partial charge in [0.2, 0.25) is 5.60 Å². The second-order valence-electron chi connectivity index (χ2n) is 4.27. The van der Waals surface area contributed by atoms with Gasteiger partial charge in [-0.05, 0) is 19.1 Å². The number of aliphatic hydroxyl groups excluding tert-OH is 1. The van der Waals surface area contributed by atoms with E-state index in [9.17, 15) is 14.7 Å². The fourth-order valence-corrected chi connectivity index (χ4v) is 1.77. The first-order valence-electron chi connectivity index (χ1n) is 5.38. The topological polar surface area (TPSA) is 96.4 Å². The molecular formula is C11H14O6. The lowest BCUT2D eigenvalue weighted by atomic mass is 9.86. The Balaban J connectivity index is 2.10. The van der Waals surface area contributed by atoms with Gasteiger partial charge in [0, 0.05) is 0 Å². The molecule has 0 aromatic heterocycles. The first-order chi connectivity index (χ1) is 8.00. The molecule has 2 fully saturated rings. The summed E-state index contributed by atoms with van der Waals surface area (Å²) in [6, 6.07) is 0. The van der Waals surface area contributed by atoms with Crippen LogP contribution in [0.4, 0.5) is 0 Å². The molecule has 0 saturated carbocycles. The van der Waals surface area contributed by atoms with Crippen LogP contribution in [0.3, 0.4) is 0 Å². The summed E-state index contributed by atoms with van der Waals surface area (Å²) in [7, 11) is 0. The van der Waals surface area contributed by atoms with E-state index < -0.39 is 29.9 Å². The van der Waals surface area contributed by atoms with E-state index in [1.165, 1.54) is 6.08 Å². The summed E-state index contributed by atoms with van der Waals surface area (Å²) in [5.74, 6) is -2.69. The molecule has 2 saturated heterocycles. The zero-order valence-electron chi connectivity index (χ0n) is 9.33. The van der Waals surface area contributed by atoms with Crippen molar-refractivity contribution in [3.63, 3.8) is 0 Å². The Labute approximate surface area is 97.8 Å². The number of carbonyl (C=O) groups is 2. The van der Waals surface area contributed by atoms with Gasteiger partial charge in [0.25, 0.3) is 0 Å². The van der Waals surface area contributed by atoms with Crippen LogP contribution in [0.15, 0.2) is 12.2 Å². The fraction of sp³-hybridized carbons (Fsp3) is 0.636. The molecule has 2 rings (SSSR count). The molecule has 0 spiro atoms. The van der Waals surface area contributed by atoms with Crippen molar-refractivity contribution in [2.75, 3.05) is 13.2 Å². The van der Waals surface area contributed by atoms with E-state index in [4.69, 9.17) is 9.84 Å². The molecule has 2 unspecified atom stereocenters. The summed E-state index contributed by atoms with van der Waals surface area (Å²) < 4.78 is 9.66. The van der Waals surface area contributed by atoms with Gasteiger partial charge in [0.1, 0.15) is 12.7 Å². The SMILES string of the molecule is CC1OC1/C=C/C(=O)[C@@]1(O)C(=O)OC[C@@H]1CO. The van der Waals surface area contributed by atoms with Crippen LogP contribution < -0.4 is 0 Å². The van der Waals surface area contributed by atoms with Gasteiger partial charge in [-0.25, -0.2) is 4.79 Å². The van der Waals surface area contributed by atoms with E-state index >= 15 is 0 Å². The Morgan fingerprint density at radius 2 is 2.29 bits per heavy atom. The van der Waals surface area contributed by atoms with Crippen molar-refractivity contribution in [3.8, 4) is 0 Å². The second kappa shape index (κ2) is 4.21. The van der Waals surface area contributed by atoms with Gasteiger partial charge >= 0.3 is 5.97 Å². The predicted molar refractivity (Wildman–Crippen MR) is 55.0 cm³/mol. The standard InChI is InChI=1S/C11H14O6/c1-6-8(17-6)2-3-9(13)11(15)7(4-12)5-16-10(11)14/h2-3,6-8,12,15H,4-5H2,1H3/b3-2+/t6?,7-,8?,11+/m0/s1. The number of rotatable bonds is 4. The maximum Gasteiger partial charge on any atom is 0.346 e. The van der Waals surface area contributed by atoms with Gasteiger partial charge in [0.05, 0.1) is 18.6 Å². The van der Waals surface area contributed by atoms with Crippen LogP contribution in [0, 0.1) is 5.92 Å². The van der Waals surface area contributed by atoms with Crippen molar-refractivity contribution in [3.05, 3.63) is 12.2 Å². The van der Waals surface area contributed by atoms with Crippen LogP contribution in [0.2, 0.25) is 0 Å². The molecule has 0 aromatic carbocycles. The second-order valence-corrected chi connectivity index (χ2v) is 4.27. The highest BCUT2D eigenvalue weighted by Gasteiger charge is 2.55. The van der Waals surface area contributed by atoms with Crippen molar-refractivity contribution in [2.24, 2.45) is 5.92 Å². The normalized spacial score (nSPS) is 40.6. The third kappa shape index (κ3) is 1.99. The number of ketones is 1. The lowest BCUT2D eigenvalue weighted by Gasteiger charge is -2.20. The van der Waals surface area contributed by atoms with Gasteiger partial charge in [-0.1, -0.05) is 0 Å². The maximum atomic E-state index is 11.8. The molecule has 0 radical (unpaired) electrons. The largest absolute Gasteiger partial charge is 0.463 e. The quantitative estimate of drug-likeness (QED) is 0.278. The molecule has 17 heavy (non-hydrogen) atoms. The van der Waals surface area contributed by atoms with Gasteiger partial charge in [-0.2, -0.15) is 0 Å². The number of carbonyl (C=O) groups excluding carboxylic acids is 2. The minimum Gasteiger partial charge on any atom is -0.463 e. The average Bonchev–Trinajstić information content (AvgIpc) is 2.93. The number of aliphatic hydroxyl groups is 2. The zero-order chi connectivity index (χ0) is 12.6. The van der Waals surface area contributed by atoms with Crippen LogP contribution in [0.5, 0.6) is 0 Å². The number of esters is 1. The molecule has 2 aliphatic heterocycles. The number of ether oxygens (including phenoxy) is 2. The molecule has 0 aliphatic carbocycles. The molecule has 2 aliphatic rings. The molecule has 0 amide bonds. The van der Waals surface area contributed by atoms with E-state index in [-0.39, 0.29) is 18.8 Å². The zero-order valence-corrected chi connectivity index (χ0v) is 9.33. The van der Waals surface area contributed by atoms with Gasteiger partial charge < -0.3 is 19.7 Å². The lowest BCUT2D eigenvalue weighted by Crippen LogP contribution is -2.49. The summed E-state index contributed by atoms with van der Waals surface area (Å²) in [5, 5.41) is 19.0. The first kappa shape index (κ1) is 12.2. The fourth-order valence-electron chi connectivity index (χ4n) is 1.77. The Morgan fingerprint density at radius 3 is 2.82 bits per heavy atom. The summed E-state index contributed by atoms with van der Waals surface area (Å²) in [5.41, 5.74) is -2.26. The first-order valence-corrected chi connectivity index (χ1v) is 5.38. The monoisotopic (exact) mass is 242 g/mol. The summed E-state index contributed by atoms with van der Waals surface area (Å²) in [6.07, 6.45) is 2.51. The van der Waals surface area contributed by atoms with Crippen molar-refractivity contribution in [1.82, 2.24) is 0 Å². The number of hydrogen-bond acceptors (Lipinski definition) is 6. The van der Waals surface area contributed by atoms with E-state index in [0.29, 0.717) is 0 Å². The molecule has 4 atom stereocenters. The summed E-state index contributed by atoms with van der Waals surface area (Å²) in [6.45, 7) is 1.20. The molecule has 0 aromatic rings. The Morgan fingerprint density at radius 1 is 1.65 bits per heavy atom. The van der Waals surface area contributed by atoms with Crippen molar-refractivity contribution in [2.45, 2.75) is 24.7 Å². The highest BCUT2D eigenvalue weighted by atomic mass is 16.6. The van der Waals surface area contributed by atoms with Gasteiger partial charge in [0.15, 0.2) is 5.78 Å². The number of epoxide rings is 1. The maximum absolute atomic E-state index is 11.8. The molecule has 0 bridgehead atoms. The van der Waals surface area contributed by atoms with E-state index in [1.54, 1.807) is 0 Å². The van der Waals surface area contributed by atoms with Crippen LogP contribution in [0.1, 0.15) is 6.92 Å². The molecule has 2 N–H and O–H groups in total. The van der Waals surface area contributed by atoms with E-state index in [1.807, 2.05) is 6.92 Å². The van der Waals surface area contributed by atoms with Crippen molar-refractivity contribution in [1.29, 1.82) is 0 Å². The smallest absolute Gasteiger partial charge is 0.346 e. The van der Waals surface area contributed by atoms with Crippen molar-refractivity contribution >= 4 is 11.8 Å². The van der Waals surface area contributed by atoms with Crippen LogP contribution in [-0.2, 0) is 19.1 Å². The minimum atomic E-state index is -2.26.